The van der Waals surface area contributed by atoms with Crippen LogP contribution in [-0.4, -0.2) is 54.4 Å². The van der Waals surface area contributed by atoms with E-state index in [2.05, 4.69) is 5.10 Å². The van der Waals surface area contributed by atoms with Crippen LogP contribution in [0.15, 0.2) is 24.4 Å². The number of nitrogens with zero attached hydrogens (tertiary/aromatic N) is 4. The number of hydrogen-bond acceptors (Lipinski definition) is 6. The SMILES string of the molecule is C[C@@H](O)C[C@H]1CCCN1C(=O)c1nn(-c2cc(Cl)ccc2[N+](=O)[O-])cc1O. The number of carbonyl (C=O) groups is 1. The number of hydrogen-bond donors (Lipinski definition) is 2. The topological polar surface area (TPSA) is 122 Å². The number of amides is 1. The van der Waals surface area contributed by atoms with Crippen LogP contribution in [0.1, 0.15) is 36.7 Å². The highest BCUT2D eigenvalue weighted by Gasteiger charge is 2.33. The van der Waals surface area contributed by atoms with Gasteiger partial charge in [-0.3, -0.25) is 14.9 Å². The van der Waals surface area contributed by atoms with Gasteiger partial charge >= 0.3 is 0 Å². The number of carbonyl (C=O) groups excluding carboxylic acids is 1. The van der Waals surface area contributed by atoms with Crippen LogP contribution in [0.2, 0.25) is 5.02 Å². The average molecular weight is 395 g/mol. The summed E-state index contributed by atoms with van der Waals surface area (Å²) in [6.07, 6.45) is 2.59. The number of aliphatic hydroxyl groups is 1. The molecule has 0 unspecified atom stereocenters. The molecule has 1 amide bonds. The van der Waals surface area contributed by atoms with Gasteiger partial charge in [-0.15, -0.1) is 0 Å². The van der Waals surface area contributed by atoms with E-state index in [9.17, 15) is 25.1 Å². The van der Waals surface area contributed by atoms with E-state index in [4.69, 9.17) is 11.6 Å². The minimum Gasteiger partial charge on any atom is -0.504 e. The second-order valence-corrected chi connectivity index (χ2v) is 7.01. The molecule has 1 aliphatic rings. The zero-order valence-electron chi connectivity index (χ0n) is 14.6. The number of benzene rings is 1. The van der Waals surface area contributed by atoms with Crippen molar-refractivity contribution < 1.29 is 19.9 Å². The Morgan fingerprint density at radius 2 is 2.26 bits per heavy atom. The Labute approximate surface area is 159 Å². The lowest BCUT2D eigenvalue weighted by atomic mass is 10.1. The van der Waals surface area contributed by atoms with E-state index in [1.54, 1.807) is 11.8 Å². The van der Waals surface area contributed by atoms with E-state index >= 15 is 0 Å². The van der Waals surface area contributed by atoms with Crippen molar-refractivity contribution in [3.05, 3.63) is 45.2 Å². The highest BCUT2D eigenvalue weighted by molar-refractivity contribution is 6.30. The predicted molar refractivity (Wildman–Crippen MR) is 97.2 cm³/mol. The summed E-state index contributed by atoms with van der Waals surface area (Å²) < 4.78 is 1.08. The first-order valence-corrected chi connectivity index (χ1v) is 8.87. The molecule has 144 valence electrons. The average Bonchev–Trinajstić information content (AvgIpc) is 3.20. The van der Waals surface area contributed by atoms with Crippen LogP contribution in [0.25, 0.3) is 5.69 Å². The molecule has 0 aliphatic carbocycles. The molecule has 1 saturated heterocycles. The number of aliphatic hydroxyl groups excluding tert-OH is 1. The highest BCUT2D eigenvalue weighted by Crippen LogP contribution is 2.30. The summed E-state index contributed by atoms with van der Waals surface area (Å²) >= 11 is 5.93. The Morgan fingerprint density at radius 1 is 1.52 bits per heavy atom. The monoisotopic (exact) mass is 394 g/mol. The molecule has 3 rings (SSSR count). The van der Waals surface area contributed by atoms with Crippen LogP contribution in [0, 0.1) is 10.1 Å². The smallest absolute Gasteiger partial charge is 0.294 e. The highest BCUT2D eigenvalue weighted by atomic mass is 35.5. The molecule has 0 radical (unpaired) electrons. The van der Waals surface area contributed by atoms with Gasteiger partial charge in [0, 0.05) is 23.7 Å². The molecule has 1 aromatic carbocycles. The second-order valence-electron chi connectivity index (χ2n) is 6.58. The lowest BCUT2D eigenvalue weighted by Gasteiger charge is -2.24. The fourth-order valence-corrected chi connectivity index (χ4v) is 3.52. The summed E-state index contributed by atoms with van der Waals surface area (Å²) in [6, 6.07) is 3.81. The van der Waals surface area contributed by atoms with Gasteiger partial charge in [0.15, 0.2) is 11.4 Å². The minimum atomic E-state index is -0.592. The van der Waals surface area contributed by atoms with Crippen LogP contribution in [0.3, 0.4) is 0 Å². The number of aromatic hydroxyl groups is 1. The maximum absolute atomic E-state index is 12.8. The van der Waals surface area contributed by atoms with E-state index in [1.807, 2.05) is 0 Å². The zero-order valence-corrected chi connectivity index (χ0v) is 15.3. The van der Waals surface area contributed by atoms with Crippen molar-refractivity contribution in [2.45, 2.75) is 38.3 Å². The second kappa shape index (κ2) is 7.53. The fourth-order valence-electron chi connectivity index (χ4n) is 3.35. The Hall–Kier alpha value is -2.65. The summed E-state index contributed by atoms with van der Waals surface area (Å²) in [7, 11) is 0. The first-order valence-electron chi connectivity index (χ1n) is 8.50. The largest absolute Gasteiger partial charge is 0.504 e. The normalized spacial score (nSPS) is 17.9. The van der Waals surface area contributed by atoms with Crippen LogP contribution >= 0.6 is 11.6 Å². The molecule has 0 bridgehead atoms. The van der Waals surface area contributed by atoms with Crippen LogP contribution in [-0.2, 0) is 0 Å². The summed E-state index contributed by atoms with van der Waals surface area (Å²) in [5.74, 6) is -0.851. The number of likely N-dealkylation sites (tertiary alicyclic amines) is 1. The van der Waals surface area contributed by atoms with Gasteiger partial charge in [-0.25, -0.2) is 4.68 Å². The van der Waals surface area contributed by atoms with Crippen LogP contribution < -0.4 is 0 Å². The van der Waals surface area contributed by atoms with Crippen molar-refractivity contribution in [3.63, 3.8) is 0 Å². The number of halogens is 1. The molecule has 27 heavy (non-hydrogen) atoms. The molecule has 9 nitrogen and oxygen atoms in total. The van der Waals surface area contributed by atoms with Gasteiger partial charge in [-0.2, -0.15) is 5.10 Å². The molecule has 0 saturated carbocycles. The molecule has 10 heteroatoms. The maximum Gasteiger partial charge on any atom is 0.294 e. The fraction of sp³-hybridized carbons (Fsp3) is 0.412. The molecule has 1 fully saturated rings. The lowest BCUT2D eigenvalue weighted by Crippen LogP contribution is -2.37. The number of rotatable bonds is 5. The number of nitro benzene ring substituents is 1. The molecular weight excluding hydrogens is 376 g/mol. The third kappa shape index (κ3) is 3.88. The summed E-state index contributed by atoms with van der Waals surface area (Å²) in [4.78, 5) is 25.1. The Balaban J connectivity index is 1.95. The summed E-state index contributed by atoms with van der Waals surface area (Å²) in [5, 5.41) is 35.4. The maximum atomic E-state index is 12.8. The Bertz CT molecular complexity index is 882. The van der Waals surface area contributed by atoms with Crippen molar-refractivity contribution in [1.29, 1.82) is 0 Å². The van der Waals surface area contributed by atoms with Crippen LogP contribution in [0.5, 0.6) is 5.75 Å². The summed E-state index contributed by atoms with van der Waals surface area (Å²) in [5.41, 5.74) is -0.403. The van der Waals surface area contributed by atoms with Crippen molar-refractivity contribution in [2.75, 3.05) is 6.54 Å². The zero-order chi connectivity index (χ0) is 19.7. The Morgan fingerprint density at radius 3 is 2.93 bits per heavy atom. The van der Waals surface area contributed by atoms with E-state index in [1.165, 1.54) is 18.2 Å². The van der Waals surface area contributed by atoms with Gasteiger partial charge < -0.3 is 15.1 Å². The van der Waals surface area contributed by atoms with Crippen molar-refractivity contribution in [3.8, 4) is 11.4 Å². The van der Waals surface area contributed by atoms with Crippen LogP contribution in [0.4, 0.5) is 5.69 Å². The van der Waals surface area contributed by atoms with Crippen molar-refractivity contribution in [1.82, 2.24) is 14.7 Å². The van der Waals surface area contributed by atoms with Gasteiger partial charge in [0.2, 0.25) is 0 Å². The van der Waals surface area contributed by atoms with Crippen molar-refractivity contribution in [2.24, 2.45) is 0 Å². The van der Waals surface area contributed by atoms with E-state index < -0.39 is 16.9 Å². The first-order chi connectivity index (χ1) is 12.8. The molecule has 2 heterocycles. The lowest BCUT2D eigenvalue weighted by molar-refractivity contribution is -0.384. The minimum absolute atomic E-state index is 0.0452. The predicted octanol–water partition coefficient (Wildman–Crippen LogP) is 2.52. The number of aromatic nitrogens is 2. The molecule has 0 spiro atoms. The molecule has 2 aromatic rings. The molecule has 2 N–H and O–H groups in total. The molecular formula is C17H19ClN4O5. The third-order valence-corrected chi connectivity index (χ3v) is 4.76. The van der Waals surface area contributed by atoms with Gasteiger partial charge in [0.1, 0.15) is 5.69 Å². The molecule has 2 atom stereocenters. The van der Waals surface area contributed by atoms with Crippen molar-refractivity contribution >= 4 is 23.2 Å². The number of nitro groups is 1. The quantitative estimate of drug-likeness (QED) is 0.593. The van der Waals surface area contributed by atoms with Gasteiger partial charge in [0.25, 0.3) is 11.6 Å². The van der Waals surface area contributed by atoms with E-state index in [-0.39, 0.29) is 33.9 Å². The van der Waals surface area contributed by atoms with E-state index in [0.717, 1.165) is 23.7 Å². The van der Waals surface area contributed by atoms with Gasteiger partial charge in [-0.05, 0) is 38.3 Å². The van der Waals surface area contributed by atoms with Gasteiger partial charge in [0.05, 0.1) is 17.2 Å². The van der Waals surface area contributed by atoms with Gasteiger partial charge in [-0.1, -0.05) is 11.6 Å². The van der Waals surface area contributed by atoms with E-state index in [0.29, 0.717) is 13.0 Å². The first kappa shape index (κ1) is 19.1. The summed E-state index contributed by atoms with van der Waals surface area (Å²) in [6.45, 7) is 2.16. The third-order valence-electron chi connectivity index (χ3n) is 4.53. The Kier molecular flexibility index (Phi) is 5.33. The molecule has 1 aliphatic heterocycles. The molecule has 1 aromatic heterocycles. The standard InChI is InChI=1S/C17H19ClN4O5/c1-10(23)7-12-3-2-6-20(12)17(25)16-15(24)9-21(19-16)14-8-11(18)4-5-13(14)22(26)27/h4-5,8-10,12,23-24H,2-3,6-7H2,1H3/t10-,12-/m1/s1.